The number of aromatic nitrogens is 4. The molecule has 2 aromatic carbocycles. The first-order valence-corrected chi connectivity index (χ1v) is 9.18. The number of nitrogens with zero attached hydrogens (tertiary/aromatic N) is 4. The number of nitrogens with one attached hydrogen (secondary N) is 2. The third-order valence-electron chi connectivity index (χ3n) is 4.44. The maximum absolute atomic E-state index is 4.57. The van der Waals surface area contributed by atoms with Crippen molar-refractivity contribution < 1.29 is 0 Å². The largest absolute Gasteiger partial charge is 0.339 e. The lowest BCUT2D eigenvalue weighted by molar-refractivity contribution is 0.592. The van der Waals surface area contributed by atoms with Gasteiger partial charge < -0.3 is 10.6 Å². The zero-order chi connectivity index (χ0) is 19.6. The molecule has 28 heavy (non-hydrogen) atoms. The SMILES string of the molecule is CC(C)(C)c1ccccc1Nc1cnnc(Nc2cccc3cccnc23)n1. The summed E-state index contributed by atoms with van der Waals surface area (Å²) < 4.78 is 0. The van der Waals surface area contributed by atoms with E-state index in [1.54, 1.807) is 12.4 Å². The monoisotopic (exact) mass is 370 g/mol. The molecule has 0 radical (unpaired) electrons. The molecule has 2 heterocycles. The van der Waals surface area contributed by atoms with Crippen LogP contribution < -0.4 is 10.6 Å². The van der Waals surface area contributed by atoms with Crippen LogP contribution in [0.2, 0.25) is 0 Å². The van der Waals surface area contributed by atoms with Crippen LogP contribution >= 0.6 is 0 Å². The normalized spacial score (nSPS) is 11.4. The Morgan fingerprint density at radius 3 is 2.46 bits per heavy atom. The minimum atomic E-state index is 0.0136. The Morgan fingerprint density at radius 2 is 1.61 bits per heavy atom. The van der Waals surface area contributed by atoms with Gasteiger partial charge in [-0.1, -0.05) is 57.2 Å². The molecule has 140 valence electrons. The lowest BCUT2D eigenvalue weighted by Gasteiger charge is -2.23. The van der Waals surface area contributed by atoms with Gasteiger partial charge in [-0.2, -0.15) is 10.1 Å². The van der Waals surface area contributed by atoms with Crippen LogP contribution in [0.25, 0.3) is 10.9 Å². The van der Waals surface area contributed by atoms with Crippen LogP contribution in [0.15, 0.2) is 67.0 Å². The number of anilines is 4. The van der Waals surface area contributed by atoms with E-state index in [2.05, 4.69) is 57.6 Å². The van der Waals surface area contributed by atoms with E-state index in [9.17, 15) is 0 Å². The summed E-state index contributed by atoms with van der Waals surface area (Å²) in [4.78, 5) is 9.02. The molecule has 4 aromatic rings. The van der Waals surface area contributed by atoms with Gasteiger partial charge in [0.25, 0.3) is 0 Å². The summed E-state index contributed by atoms with van der Waals surface area (Å²) in [6, 6.07) is 18.1. The Morgan fingerprint density at radius 1 is 0.821 bits per heavy atom. The quantitative estimate of drug-likeness (QED) is 0.514. The molecule has 6 nitrogen and oxygen atoms in total. The van der Waals surface area contributed by atoms with Gasteiger partial charge in [-0.3, -0.25) is 4.98 Å². The van der Waals surface area contributed by atoms with Gasteiger partial charge in [-0.05, 0) is 29.2 Å². The van der Waals surface area contributed by atoms with Crippen LogP contribution in [-0.4, -0.2) is 20.2 Å². The molecule has 2 aromatic heterocycles. The van der Waals surface area contributed by atoms with Gasteiger partial charge in [-0.25, -0.2) is 0 Å². The van der Waals surface area contributed by atoms with Crippen molar-refractivity contribution in [1.82, 2.24) is 20.2 Å². The van der Waals surface area contributed by atoms with Crippen LogP contribution in [0.1, 0.15) is 26.3 Å². The molecule has 0 aliphatic carbocycles. The zero-order valence-electron chi connectivity index (χ0n) is 16.1. The zero-order valence-corrected chi connectivity index (χ0v) is 16.1. The van der Waals surface area contributed by atoms with E-state index in [-0.39, 0.29) is 5.41 Å². The number of pyridine rings is 1. The molecule has 0 saturated heterocycles. The number of para-hydroxylation sites is 2. The van der Waals surface area contributed by atoms with Gasteiger partial charge in [0.2, 0.25) is 5.95 Å². The van der Waals surface area contributed by atoms with Crippen molar-refractivity contribution in [2.45, 2.75) is 26.2 Å². The molecular formula is C22H22N6. The third kappa shape index (κ3) is 3.76. The van der Waals surface area contributed by atoms with E-state index in [1.807, 2.05) is 48.5 Å². The van der Waals surface area contributed by atoms with Crippen LogP contribution in [0.4, 0.5) is 23.1 Å². The first-order chi connectivity index (χ1) is 13.5. The molecule has 0 unspecified atom stereocenters. The molecule has 0 spiro atoms. The van der Waals surface area contributed by atoms with Crippen molar-refractivity contribution >= 4 is 34.0 Å². The van der Waals surface area contributed by atoms with Crippen molar-refractivity contribution in [2.75, 3.05) is 10.6 Å². The van der Waals surface area contributed by atoms with E-state index in [0.29, 0.717) is 11.8 Å². The molecule has 0 atom stereocenters. The second kappa shape index (κ2) is 7.23. The fraction of sp³-hybridized carbons (Fsp3) is 0.182. The number of hydrogen-bond donors (Lipinski definition) is 2. The topological polar surface area (TPSA) is 75.6 Å². The summed E-state index contributed by atoms with van der Waals surface area (Å²) in [7, 11) is 0. The summed E-state index contributed by atoms with van der Waals surface area (Å²) >= 11 is 0. The summed E-state index contributed by atoms with van der Waals surface area (Å²) in [6.45, 7) is 6.56. The average molecular weight is 370 g/mol. The first-order valence-electron chi connectivity index (χ1n) is 9.18. The van der Waals surface area contributed by atoms with Crippen LogP contribution in [-0.2, 0) is 5.41 Å². The second-order valence-corrected chi connectivity index (χ2v) is 7.59. The Hall–Kier alpha value is -3.54. The van der Waals surface area contributed by atoms with Crippen molar-refractivity contribution in [3.05, 3.63) is 72.6 Å². The van der Waals surface area contributed by atoms with Crippen LogP contribution in [0.3, 0.4) is 0 Å². The summed E-state index contributed by atoms with van der Waals surface area (Å²) in [6.07, 6.45) is 3.39. The van der Waals surface area contributed by atoms with E-state index in [0.717, 1.165) is 22.3 Å². The Balaban J connectivity index is 1.63. The second-order valence-electron chi connectivity index (χ2n) is 7.59. The average Bonchev–Trinajstić information content (AvgIpc) is 2.68. The Labute approximate surface area is 164 Å². The Kier molecular flexibility index (Phi) is 4.61. The third-order valence-corrected chi connectivity index (χ3v) is 4.44. The van der Waals surface area contributed by atoms with Gasteiger partial charge in [0, 0.05) is 17.3 Å². The fourth-order valence-corrected chi connectivity index (χ4v) is 3.13. The van der Waals surface area contributed by atoms with Crippen molar-refractivity contribution in [3.63, 3.8) is 0 Å². The molecule has 4 rings (SSSR count). The lowest BCUT2D eigenvalue weighted by atomic mass is 9.86. The van der Waals surface area contributed by atoms with Crippen LogP contribution in [0, 0.1) is 0 Å². The fourth-order valence-electron chi connectivity index (χ4n) is 3.13. The molecule has 6 heteroatoms. The smallest absolute Gasteiger partial charge is 0.249 e. The summed E-state index contributed by atoms with van der Waals surface area (Å²) in [5.41, 5.74) is 3.94. The van der Waals surface area contributed by atoms with Gasteiger partial charge in [-0.15, -0.1) is 5.10 Å². The highest BCUT2D eigenvalue weighted by Gasteiger charge is 2.17. The van der Waals surface area contributed by atoms with Crippen molar-refractivity contribution in [3.8, 4) is 0 Å². The minimum absolute atomic E-state index is 0.0136. The molecule has 0 fully saturated rings. The highest BCUT2D eigenvalue weighted by atomic mass is 15.3. The summed E-state index contributed by atoms with van der Waals surface area (Å²) in [5, 5.41) is 15.9. The van der Waals surface area contributed by atoms with Gasteiger partial charge in [0.05, 0.1) is 17.4 Å². The molecule has 2 N–H and O–H groups in total. The molecule has 0 amide bonds. The molecule has 0 bridgehead atoms. The van der Waals surface area contributed by atoms with Gasteiger partial charge >= 0.3 is 0 Å². The summed E-state index contributed by atoms with van der Waals surface area (Å²) in [5.74, 6) is 1.04. The number of benzene rings is 2. The van der Waals surface area contributed by atoms with E-state index < -0.39 is 0 Å². The van der Waals surface area contributed by atoms with Crippen molar-refractivity contribution in [1.29, 1.82) is 0 Å². The predicted molar refractivity (Wildman–Crippen MR) is 113 cm³/mol. The van der Waals surface area contributed by atoms with E-state index in [1.165, 1.54) is 5.56 Å². The van der Waals surface area contributed by atoms with Crippen LogP contribution in [0.5, 0.6) is 0 Å². The van der Waals surface area contributed by atoms with E-state index in [4.69, 9.17) is 0 Å². The lowest BCUT2D eigenvalue weighted by Crippen LogP contribution is -2.14. The van der Waals surface area contributed by atoms with Gasteiger partial charge in [0.1, 0.15) is 0 Å². The molecule has 0 aliphatic heterocycles. The number of rotatable bonds is 4. The van der Waals surface area contributed by atoms with Gasteiger partial charge in [0.15, 0.2) is 5.82 Å². The standard InChI is InChI=1S/C22H22N6/c1-22(2,3)16-10-4-5-11-17(16)25-19-14-24-28-21(27-19)26-18-12-6-8-15-9-7-13-23-20(15)18/h4-14H,1-3H3,(H2,25,26,27,28). The Bertz CT molecular complexity index is 1110. The molecular weight excluding hydrogens is 348 g/mol. The van der Waals surface area contributed by atoms with E-state index >= 15 is 0 Å². The maximum atomic E-state index is 4.57. The number of hydrogen-bond acceptors (Lipinski definition) is 6. The van der Waals surface area contributed by atoms with Crippen molar-refractivity contribution in [2.24, 2.45) is 0 Å². The first kappa shape index (κ1) is 17.9. The highest BCUT2D eigenvalue weighted by Crippen LogP contribution is 2.31. The highest BCUT2D eigenvalue weighted by molar-refractivity contribution is 5.91. The molecule has 0 aliphatic rings. The maximum Gasteiger partial charge on any atom is 0.249 e. The molecule has 0 saturated carbocycles. The number of fused-ring (bicyclic) bond motifs is 1. The minimum Gasteiger partial charge on any atom is -0.339 e. The predicted octanol–water partition coefficient (Wildman–Crippen LogP) is 5.20.